The van der Waals surface area contributed by atoms with Gasteiger partial charge in [-0.25, -0.2) is 9.37 Å². The van der Waals surface area contributed by atoms with E-state index in [1.165, 1.54) is 12.1 Å². The number of anilines is 1. The van der Waals surface area contributed by atoms with E-state index in [-0.39, 0.29) is 11.9 Å². The van der Waals surface area contributed by atoms with Gasteiger partial charge in [0.2, 0.25) is 0 Å². The number of aromatic amines is 2. The Hall–Kier alpha value is -2.97. The van der Waals surface area contributed by atoms with Crippen molar-refractivity contribution in [3.8, 4) is 11.5 Å². The molecular weight excluding hydrogens is 407 g/mol. The molecule has 0 spiro atoms. The normalized spacial score (nSPS) is 19.7. The summed E-state index contributed by atoms with van der Waals surface area (Å²) in [4.78, 5) is 12.9. The predicted octanol–water partition coefficient (Wildman–Crippen LogP) is 4.18. The average Bonchev–Trinajstić information content (AvgIpc) is 3.37. The maximum atomic E-state index is 13.5. The summed E-state index contributed by atoms with van der Waals surface area (Å²) in [6.45, 7) is 9.06. The number of morpholine rings is 1. The molecule has 0 aliphatic carbocycles. The maximum Gasteiger partial charge on any atom is 0.159 e. The Morgan fingerprint density at radius 2 is 2.06 bits per heavy atom. The smallest absolute Gasteiger partial charge is 0.159 e. The number of nitrogens with zero attached hydrogens (tertiary/aromatic N) is 4. The summed E-state index contributed by atoms with van der Waals surface area (Å²) in [7, 11) is 2.14. The number of nitrogens with one attached hydrogen (secondary N) is 2. The molecular formula is C24H29FN6O. The summed E-state index contributed by atoms with van der Waals surface area (Å²) in [6, 6.07) is 11.7. The highest BCUT2D eigenvalue weighted by atomic mass is 19.1. The Bertz CT molecular complexity index is 1250. The first-order valence-electron chi connectivity index (χ1n) is 11.1. The molecule has 1 aliphatic rings. The van der Waals surface area contributed by atoms with Crippen LogP contribution in [0.25, 0.3) is 33.5 Å². The molecule has 2 N–H and O–H groups in total. The number of ether oxygens (including phenoxy) is 1. The molecule has 4 aromatic rings. The van der Waals surface area contributed by atoms with Crippen molar-refractivity contribution in [1.82, 2.24) is 25.1 Å². The van der Waals surface area contributed by atoms with Gasteiger partial charge < -0.3 is 19.5 Å². The van der Waals surface area contributed by atoms with Gasteiger partial charge in [-0.1, -0.05) is 0 Å². The summed E-state index contributed by atoms with van der Waals surface area (Å²) in [6.07, 6.45) is 0.169. The molecule has 7 nitrogen and oxygen atoms in total. The lowest BCUT2D eigenvalue weighted by Gasteiger charge is -2.41. The zero-order valence-corrected chi connectivity index (χ0v) is 18.9. The molecule has 0 radical (unpaired) electrons. The van der Waals surface area contributed by atoms with Gasteiger partial charge in [0, 0.05) is 36.2 Å². The molecule has 3 heterocycles. The minimum absolute atomic E-state index is 0.169. The number of halogens is 1. The van der Waals surface area contributed by atoms with E-state index in [1.807, 2.05) is 6.07 Å². The number of benzene rings is 2. The van der Waals surface area contributed by atoms with Crippen LogP contribution in [0.15, 0.2) is 36.4 Å². The third kappa shape index (κ3) is 3.84. The van der Waals surface area contributed by atoms with E-state index in [2.05, 4.69) is 64.9 Å². The summed E-state index contributed by atoms with van der Waals surface area (Å²) in [5.41, 5.74) is 4.31. The number of hydrogen-bond acceptors (Lipinski definition) is 5. The molecule has 1 fully saturated rings. The molecule has 0 amide bonds. The zero-order valence-electron chi connectivity index (χ0n) is 18.9. The van der Waals surface area contributed by atoms with Crippen molar-refractivity contribution < 1.29 is 9.13 Å². The van der Waals surface area contributed by atoms with Gasteiger partial charge in [0.05, 0.1) is 29.3 Å². The fourth-order valence-corrected chi connectivity index (χ4v) is 4.28. The molecule has 1 aliphatic heterocycles. The standard InChI is InChI=1S/C24H29FN6O/c1-14(2)30(4)11-18-12-31(15(3)13-32-18)17-6-8-20-22(10-17)27-24(26-20)23-19-7-5-16(25)9-21(19)28-29-23/h5-10,14-15,18H,11-13H2,1-4H3,(H,26,27)(H,28,29)/t15-,18-/m0/s1. The number of imidazole rings is 1. The number of aromatic nitrogens is 4. The molecule has 8 heteroatoms. The van der Waals surface area contributed by atoms with Crippen molar-refractivity contribution in [3.05, 3.63) is 42.2 Å². The van der Waals surface area contributed by atoms with Gasteiger partial charge in [-0.05, 0) is 64.2 Å². The summed E-state index contributed by atoms with van der Waals surface area (Å²) in [5, 5.41) is 8.09. The summed E-state index contributed by atoms with van der Waals surface area (Å²) < 4.78 is 19.6. The lowest BCUT2D eigenvalue weighted by atomic mass is 10.1. The van der Waals surface area contributed by atoms with E-state index in [1.54, 1.807) is 6.07 Å². The van der Waals surface area contributed by atoms with Crippen LogP contribution in [-0.4, -0.2) is 70.0 Å². The van der Waals surface area contributed by atoms with Crippen LogP contribution in [0.4, 0.5) is 10.1 Å². The largest absolute Gasteiger partial charge is 0.373 e. The molecule has 1 saturated heterocycles. The van der Waals surface area contributed by atoms with Gasteiger partial charge in [-0.15, -0.1) is 0 Å². The van der Waals surface area contributed by atoms with Crippen molar-refractivity contribution >= 4 is 27.6 Å². The second-order valence-electron chi connectivity index (χ2n) is 9.04. The fourth-order valence-electron chi connectivity index (χ4n) is 4.28. The van der Waals surface area contributed by atoms with Crippen LogP contribution in [0.2, 0.25) is 0 Å². The van der Waals surface area contributed by atoms with Crippen LogP contribution in [-0.2, 0) is 4.74 Å². The van der Waals surface area contributed by atoms with Gasteiger partial charge in [0.1, 0.15) is 11.5 Å². The van der Waals surface area contributed by atoms with Gasteiger partial charge >= 0.3 is 0 Å². The summed E-state index contributed by atoms with van der Waals surface area (Å²) >= 11 is 0. The van der Waals surface area contributed by atoms with E-state index >= 15 is 0 Å². The molecule has 5 rings (SSSR count). The second-order valence-corrected chi connectivity index (χ2v) is 9.04. The van der Waals surface area contributed by atoms with E-state index in [4.69, 9.17) is 9.72 Å². The highest BCUT2D eigenvalue weighted by Gasteiger charge is 2.28. The lowest BCUT2D eigenvalue weighted by Crippen LogP contribution is -2.52. The van der Waals surface area contributed by atoms with Crippen molar-refractivity contribution in [2.45, 2.75) is 39.0 Å². The topological polar surface area (TPSA) is 73.1 Å². The monoisotopic (exact) mass is 436 g/mol. The number of hydrogen-bond donors (Lipinski definition) is 2. The molecule has 0 unspecified atom stereocenters. The predicted molar refractivity (Wildman–Crippen MR) is 125 cm³/mol. The Labute approximate surface area is 186 Å². The van der Waals surface area contributed by atoms with Crippen LogP contribution in [0.5, 0.6) is 0 Å². The number of likely N-dealkylation sites (N-methyl/N-ethyl adjacent to an activating group) is 1. The van der Waals surface area contributed by atoms with E-state index in [0.717, 1.165) is 35.2 Å². The third-order valence-electron chi connectivity index (χ3n) is 6.42. The van der Waals surface area contributed by atoms with Crippen LogP contribution in [0.3, 0.4) is 0 Å². The van der Waals surface area contributed by atoms with Crippen LogP contribution in [0.1, 0.15) is 20.8 Å². The summed E-state index contributed by atoms with van der Waals surface area (Å²) in [5.74, 6) is 0.376. The molecule has 2 atom stereocenters. The first-order chi connectivity index (χ1) is 15.4. The van der Waals surface area contributed by atoms with Gasteiger partial charge in [0.15, 0.2) is 5.82 Å². The third-order valence-corrected chi connectivity index (χ3v) is 6.42. The molecule has 168 valence electrons. The van der Waals surface area contributed by atoms with Crippen LogP contribution >= 0.6 is 0 Å². The van der Waals surface area contributed by atoms with Crippen LogP contribution in [0, 0.1) is 5.82 Å². The van der Waals surface area contributed by atoms with Gasteiger partial charge in [-0.2, -0.15) is 5.10 Å². The highest BCUT2D eigenvalue weighted by Crippen LogP contribution is 2.30. The minimum atomic E-state index is -0.292. The fraction of sp³-hybridized carbons (Fsp3) is 0.417. The molecule has 2 aromatic heterocycles. The maximum absolute atomic E-state index is 13.5. The number of fused-ring (bicyclic) bond motifs is 2. The SMILES string of the molecule is CC(C)N(C)C[C@H]1CN(c2ccc3nc(-c4n[nH]c5cc(F)ccc45)[nH]c3c2)[C@@H](C)CO1. The Morgan fingerprint density at radius 1 is 1.22 bits per heavy atom. The number of rotatable bonds is 5. The molecule has 0 bridgehead atoms. The Morgan fingerprint density at radius 3 is 2.88 bits per heavy atom. The van der Waals surface area contributed by atoms with E-state index in [9.17, 15) is 4.39 Å². The zero-order chi connectivity index (χ0) is 22.4. The Balaban J connectivity index is 1.43. The van der Waals surface area contributed by atoms with Gasteiger partial charge in [-0.3, -0.25) is 5.10 Å². The van der Waals surface area contributed by atoms with Crippen molar-refractivity contribution in [3.63, 3.8) is 0 Å². The molecule has 0 saturated carbocycles. The van der Waals surface area contributed by atoms with Crippen molar-refractivity contribution in [2.75, 3.05) is 31.6 Å². The molecule has 32 heavy (non-hydrogen) atoms. The average molecular weight is 437 g/mol. The quantitative estimate of drug-likeness (QED) is 0.491. The van der Waals surface area contributed by atoms with E-state index in [0.29, 0.717) is 35.7 Å². The second kappa shape index (κ2) is 8.18. The van der Waals surface area contributed by atoms with Gasteiger partial charge in [0.25, 0.3) is 0 Å². The lowest BCUT2D eigenvalue weighted by molar-refractivity contribution is 0.000769. The van der Waals surface area contributed by atoms with Crippen molar-refractivity contribution in [1.29, 1.82) is 0 Å². The molecule has 2 aromatic carbocycles. The van der Waals surface area contributed by atoms with Crippen LogP contribution < -0.4 is 4.90 Å². The van der Waals surface area contributed by atoms with Crippen molar-refractivity contribution in [2.24, 2.45) is 0 Å². The minimum Gasteiger partial charge on any atom is -0.373 e. The highest BCUT2D eigenvalue weighted by molar-refractivity contribution is 5.93. The van der Waals surface area contributed by atoms with E-state index < -0.39 is 0 Å². The number of H-pyrrole nitrogens is 2. The first-order valence-corrected chi connectivity index (χ1v) is 11.1. The first kappa shape index (κ1) is 20.9. The Kier molecular flexibility index (Phi) is 5.35.